The molecule has 0 bridgehead atoms. The highest BCUT2D eigenvalue weighted by Gasteiger charge is 2.25. The molecule has 1 aliphatic heterocycles. The predicted molar refractivity (Wildman–Crippen MR) is 68.6 cm³/mol. The van der Waals surface area contributed by atoms with Gasteiger partial charge in [0.15, 0.2) is 17.3 Å². The SMILES string of the molecule is CC(C)(C)C(=O)c1cc(F)c2c(c1)CCCCO2. The summed E-state index contributed by atoms with van der Waals surface area (Å²) in [4.78, 5) is 12.2. The van der Waals surface area contributed by atoms with Crippen molar-refractivity contribution < 1.29 is 13.9 Å². The topological polar surface area (TPSA) is 26.3 Å². The van der Waals surface area contributed by atoms with Crippen molar-refractivity contribution in [1.29, 1.82) is 0 Å². The molecule has 0 spiro atoms. The number of ketones is 1. The van der Waals surface area contributed by atoms with Crippen molar-refractivity contribution in [2.75, 3.05) is 6.61 Å². The van der Waals surface area contributed by atoms with Crippen molar-refractivity contribution in [3.05, 3.63) is 29.1 Å². The Hall–Kier alpha value is -1.38. The molecule has 0 amide bonds. The Kier molecular flexibility index (Phi) is 3.42. The smallest absolute Gasteiger partial charge is 0.168 e. The summed E-state index contributed by atoms with van der Waals surface area (Å²) in [6.07, 6.45) is 2.67. The van der Waals surface area contributed by atoms with E-state index in [4.69, 9.17) is 4.74 Å². The summed E-state index contributed by atoms with van der Waals surface area (Å²) >= 11 is 0. The Morgan fingerprint density at radius 3 is 2.67 bits per heavy atom. The zero-order valence-corrected chi connectivity index (χ0v) is 11.2. The van der Waals surface area contributed by atoms with Crippen molar-refractivity contribution in [3.63, 3.8) is 0 Å². The van der Waals surface area contributed by atoms with Crippen LogP contribution in [-0.2, 0) is 6.42 Å². The van der Waals surface area contributed by atoms with E-state index < -0.39 is 11.2 Å². The minimum absolute atomic E-state index is 0.0338. The molecule has 0 N–H and O–H groups in total. The molecule has 2 rings (SSSR count). The lowest BCUT2D eigenvalue weighted by atomic mass is 9.85. The minimum atomic E-state index is -0.494. The van der Waals surface area contributed by atoms with Crippen LogP contribution in [-0.4, -0.2) is 12.4 Å². The molecule has 2 nitrogen and oxygen atoms in total. The summed E-state index contributed by atoms with van der Waals surface area (Å²) in [7, 11) is 0. The molecule has 3 heteroatoms. The molecule has 0 radical (unpaired) electrons. The molecule has 0 saturated carbocycles. The number of fused-ring (bicyclic) bond motifs is 1. The van der Waals surface area contributed by atoms with Gasteiger partial charge < -0.3 is 4.74 Å². The monoisotopic (exact) mass is 250 g/mol. The van der Waals surface area contributed by atoms with E-state index in [1.165, 1.54) is 6.07 Å². The molecule has 0 fully saturated rings. The molecule has 0 saturated heterocycles. The lowest BCUT2D eigenvalue weighted by Gasteiger charge is -2.18. The van der Waals surface area contributed by atoms with E-state index >= 15 is 0 Å². The van der Waals surface area contributed by atoms with Gasteiger partial charge >= 0.3 is 0 Å². The number of hydrogen-bond donors (Lipinski definition) is 0. The number of carbonyl (C=O) groups is 1. The quantitative estimate of drug-likeness (QED) is 0.709. The lowest BCUT2D eigenvalue weighted by Crippen LogP contribution is -2.20. The van der Waals surface area contributed by atoms with E-state index in [1.54, 1.807) is 6.07 Å². The first-order chi connectivity index (χ1) is 8.39. The number of halogens is 1. The third-order valence-electron chi connectivity index (χ3n) is 3.15. The fourth-order valence-corrected chi connectivity index (χ4v) is 2.15. The molecule has 1 aromatic rings. The molecule has 18 heavy (non-hydrogen) atoms. The Morgan fingerprint density at radius 2 is 2.00 bits per heavy atom. The highest BCUT2D eigenvalue weighted by atomic mass is 19.1. The van der Waals surface area contributed by atoms with Crippen LogP contribution >= 0.6 is 0 Å². The van der Waals surface area contributed by atoms with Crippen LogP contribution in [0.4, 0.5) is 4.39 Å². The minimum Gasteiger partial charge on any atom is -0.490 e. The van der Waals surface area contributed by atoms with Crippen LogP contribution in [0, 0.1) is 11.2 Å². The van der Waals surface area contributed by atoms with Gasteiger partial charge in [0.1, 0.15) is 0 Å². The molecular formula is C15H19FO2. The number of Topliss-reactive ketones (excluding diaryl/α,β-unsaturated/α-hetero) is 1. The molecular weight excluding hydrogens is 231 g/mol. The first kappa shape index (κ1) is 13.1. The van der Waals surface area contributed by atoms with Crippen LogP contribution in [0.3, 0.4) is 0 Å². The van der Waals surface area contributed by atoms with Gasteiger partial charge in [0, 0.05) is 11.0 Å². The summed E-state index contributed by atoms with van der Waals surface area (Å²) in [5.41, 5.74) is 0.774. The average Bonchev–Trinajstić information content (AvgIpc) is 2.52. The van der Waals surface area contributed by atoms with Crippen LogP contribution < -0.4 is 4.74 Å². The van der Waals surface area contributed by atoms with Gasteiger partial charge in [-0.3, -0.25) is 4.79 Å². The fraction of sp³-hybridized carbons (Fsp3) is 0.533. The molecule has 0 aromatic heterocycles. The Balaban J connectivity index is 2.44. The second-order valence-corrected chi connectivity index (χ2v) is 5.83. The maximum atomic E-state index is 14.0. The molecule has 1 heterocycles. The molecule has 98 valence electrons. The first-order valence-corrected chi connectivity index (χ1v) is 6.39. The number of carbonyl (C=O) groups excluding carboxylic acids is 1. The Bertz CT molecular complexity index is 472. The summed E-state index contributed by atoms with van der Waals surface area (Å²) in [5.74, 6) is -0.117. The number of hydrogen-bond acceptors (Lipinski definition) is 2. The number of ether oxygens (including phenoxy) is 1. The van der Waals surface area contributed by atoms with Gasteiger partial charge in [0.05, 0.1) is 6.61 Å². The second-order valence-electron chi connectivity index (χ2n) is 5.83. The third kappa shape index (κ3) is 2.55. The van der Waals surface area contributed by atoms with Crippen molar-refractivity contribution in [2.24, 2.45) is 5.41 Å². The van der Waals surface area contributed by atoms with Crippen molar-refractivity contribution >= 4 is 5.78 Å². The van der Waals surface area contributed by atoms with Gasteiger partial charge in [0.25, 0.3) is 0 Å². The van der Waals surface area contributed by atoms with Crippen LogP contribution in [0.5, 0.6) is 5.75 Å². The average molecular weight is 250 g/mol. The van der Waals surface area contributed by atoms with E-state index in [0.717, 1.165) is 24.8 Å². The van der Waals surface area contributed by atoms with E-state index in [1.807, 2.05) is 20.8 Å². The highest BCUT2D eigenvalue weighted by molar-refractivity contribution is 6.00. The van der Waals surface area contributed by atoms with Gasteiger partial charge in [-0.15, -0.1) is 0 Å². The number of aryl methyl sites for hydroxylation is 1. The second kappa shape index (κ2) is 4.71. The predicted octanol–water partition coefficient (Wildman–Crippen LogP) is 3.77. The summed E-state index contributed by atoms with van der Waals surface area (Å²) < 4.78 is 19.4. The van der Waals surface area contributed by atoms with Crippen molar-refractivity contribution in [3.8, 4) is 5.75 Å². The molecule has 0 unspecified atom stereocenters. The van der Waals surface area contributed by atoms with Gasteiger partial charge in [-0.1, -0.05) is 20.8 Å². The molecule has 1 aliphatic rings. The van der Waals surface area contributed by atoms with E-state index in [-0.39, 0.29) is 5.78 Å². The molecule has 0 aliphatic carbocycles. The zero-order chi connectivity index (χ0) is 13.3. The van der Waals surface area contributed by atoms with Crippen molar-refractivity contribution in [1.82, 2.24) is 0 Å². The van der Waals surface area contributed by atoms with E-state index in [2.05, 4.69) is 0 Å². The summed E-state index contributed by atoms with van der Waals surface area (Å²) in [6.45, 7) is 6.08. The van der Waals surface area contributed by atoms with Crippen LogP contribution in [0.2, 0.25) is 0 Å². The highest BCUT2D eigenvalue weighted by Crippen LogP contribution is 2.31. The van der Waals surface area contributed by atoms with Gasteiger partial charge in [-0.2, -0.15) is 0 Å². The number of rotatable bonds is 1. The molecule has 0 atom stereocenters. The van der Waals surface area contributed by atoms with E-state index in [9.17, 15) is 9.18 Å². The van der Waals surface area contributed by atoms with Gasteiger partial charge in [-0.25, -0.2) is 4.39 Å². The number of benzene rings is 1. The maximum Gasteiger partial charge on any atom is 0.168 e. The standard InChI is InChI=1S/C15H19FO2/c1-15(2,3)14(17)11-8-10-6-4-5-7-18-13(10)12(16)9-11/h8-9H,4-7H2,1-3H3. The first-order valence-electron chi connectivity index (χ1n) is 6.39. The summed E-state index contributed by atoms with van der Waals surface area (Å²) in [5, 5.41) is 0. The largest absolute Gasteiger partial charge is 0.490 e. The van der Waals surface area contributed by atoms with Gasteiger partial charge in [-0.05, 0) is 37.0 Å². The zero-order valence-electron chi connectivity index (χ0n) is 11.2. The fourth-order valence-electron chi connectivity index (χ4n) is 2.15. The maximum absolute atomic E-state index is 14.0. The normalized spacial score (nSPS) is 15.6. The van der Waals surface area contributed by atoms with Gasteiger partial charge in [0.2, 0.25) is 0 Å². The molecule has 1 aromatic carbocycles. The van der Waals surface area contributed by atoms with Crippen LogP contribution in [0.15, 0.2) is 12.1 Å². The van der Waals surface area contributed by atoms with Crippen LogP contribution in [0.25, 0.3) is 0 Å². The van der Waals surface area contributed by atoms with Crippen molar-refractivity contribution in [2.45, 2.75) is 40.0 Å². The summed E-state index contributed by atoms with van der Waals surface area (Å²) in [6, 6.07) is 3.09. The lowest BCUT2D eigenvalue weighted by molar-refractivity contribution is 0.0857. The Morgan fingerprint density at radius 1 is 1.28 bits per heavy atom. The Labute approximate surface area is 107 Å². The van der Waals surface area contributed by atoms with E-state index in [0.29, 0.717) is 17.9 Å². The van der Waals surface area contributed by atoms with Crippen LogP contribution in [0.1, 0.15) is 49.5 Å². The third-order valence-corrected chi connectivity index (χ3v) is 3.15.